The Morgan fingerprint density at radius 1 is 1.26 bits per heavy atom. The summed E-state index contributed by atoms with van der Waals surface area (Å²) in [6.45, 7) is 7.75. The molecule has 1 fully saturated rings. The van der Waals surface area contributed by atoms with Crippen LogP contribution >= 0.6 is 11.6 Å². The molecule has 3 heterocycles. The Morgan fingerprint density at radius 3 is 2.71 bits per heavy atom. The number of hydrogen-bond acceptors (Lipinski definition) is 5. The van der Waals surface area contributed by atoms with E-state index in [1.165, 1.54) is 25.7 Å². The molecule has 0 aliphatic heterocycles. The van der Waals surface area contributed by atoms with E-state index >= 15 is 0 Å². The molecule has 1 saturated carbocycles. The largest absolute Gasteiger partial charge is 0.380 e. The standard InChI is InChI=1S/C24H26ClN5O/c1-15-4-6-17(7-5-15)13-30-23-21(29-24(30)16(2)14-31-3)9-20(10-26)28-22(23)18-8-19(25)12-27-11-18/h8-9,11-12,15,17H,2,4-7,13-14H2,1,3H3. The molecule has 7 heteroatoms. The first-order chi connectivity index (χ1) is 15.0. The molecular formula is C24H26ClN5O. The molecule has 0 saturated heterocycles. The summed E-state index contributed by atoms with van der Waals surface area (Å²) in [6.07, 6.45) is 8.17. The molecule has 31 heavy (non-hydrogen) atoms. The lowest BCUT2D eigenvalue weighted by Gasteiger charge is -2.27. The van der Waals surface area contributed by atoms with Gasteiger partial charge in [0.1, 0.15) is 17.6 Å². The highest BCUT2D eigenvalue weighted by atomic mass is 35.5. The highest BCUT2D eigenvalue weighted by Crippen LogP contribution is 2.35. The van der Waals surface area contributed by atoms with Crippen molar-refractivity contribution in [3.8, 4) is 17.3 Å². The average molecular weight is 436 g/mol. The number of ether oxygens (including phenoxy) is 1. The van der Waals surface area contributed by atoms with Gasteiger partial charge in [-0.25, -0.2) is 9.97 Å². The highest BCUT2D eigenvalue weighted by Gasteiger charge is 2.24. The minimum Gasteiger partial charge on any atom is -0.380 e. The van der Waals surface area contributed by atoms with Crippen LogP contribution in [0, 0.1) is 23.2 Å². The summed E-state index contributed by atoms with van der Waals surface area (Å²) in [6, 6.07) is 5.71. The molecular weight excluding hydrogens is 410 g/mol. The van der Waals surface area contributed by atoms with Crippen molar-refractivity contribution >= 4 is 28.2 Å². The van der Waals surface area contributed by atoms with Crippen LogP contribution in [0.25, 0.3) is 27.9 Å². The van der Waals surface area contributed by atoms with Gasteiger partial charge < -0.3 is 9.30 Å². The van der Waals surface area contributed by atoms with E-state index in [1.807, 2.05) is 6.07 Å². The molecule has 3 aromatic rings. The zero-order chi connectivity index (χ0) is 22.0. The molecule has 0 spiro atoms. The Morgan fingerprint density at radius 2 is 2.03 bits per heavy atom. The lowest BCUT2D eigenvalue weighted by atomic mass is 9.83. The van der Waals surface area contributed by atoms with E-state index in [9.17, 15) is 5.26 Å². The van der Waals surface area contributed by atoms with E-state index in [-0.39, 0.29) is 0 Å². The molecule has 1 aliphatic carbocycles. The van der Waals surface area contributed by atoms with Crippen molar-refractivity contribution in [1.29, 1.82) is 5.26 Å². The number of imidazole rings is 1. The molecule has 0 atom stereocenters. The summed E-state index contributed by atoms with van der Waals surface area (Å²) in [4.78, 5) is 13.7. The van der Waals surface area contributed by atoms with Gasteiger partial charge in [0.2, 0.25) is 0 Å². The van der Waals surface area contributed by atoms with Gasteiger partial charge in [0.15, 0.2) is 0 Å². The minimum absolute atomic E-state index is 0.308. The molecule has 0 aromatic carbocycles. The number of hydrogen-bond donors (Lipinski definition) is 0. The maximum atomic E-state index is 9.55. The second kappa shape index (κ2) is 9.17. The van der Waals surface area contributed by atoms with Crippen LogP contribution < -0.4 is 0 Å². The van der Waals surface area contributed by atoms with E-state index in [1.54, 1.807) is 25.6 Å². The number of fused-ring (bicyclic) bond motifs is 1. The summed E-state index contributed by atoms with van der Waals surface area (Å²) in [7, 11) is 1.65. The highest BCUT2D eigenvalue weighted by molar-refractivity contribution is 6.30. The molecule has 3 aromatic heterocycles. The second-order valence-electron chi connectivity index (χ2n) is 8.44. The number of halogens is 1. The second-order valence-corrected chi connectivity index (χ2v) is 8.87. The predicted molar refractivity (Wildman–Crippen MR) is 123 cm³/mol. The normalized spacial score (nSPS) is 18.8. The molecule has 0 N–H and O–H groups in total. The van der Waals surface area contributed by atoms with Crippen LogP contribution in [0.5, 0.6) is 0 Å². The third-order valence-electron chi connectivity index (χ3n) is 6.03. The van der Waals surface area contributed by atoms with E-state index in [2.05, 4.69) is 34.1 Å². The fourth-order valence-electron chi connectivity index (χ4n) is 4.41. The molecule has 0 amide bonds. The van der Waals surface area contributed by atoms with Crippen molar-refractivity contribution < 1.29 is 4.74 Å². The number of rotatable bonds is 6. The first kappa shape index (κ1) is 21.5. The van der Waals surface area contributed by atoms with Gasteiger partial charge in [0.25, 0.3) is 0 Å². The van der Waals surface area contributed by atoms with Crippen LogP contribution in [-0.2, 0) is 11.3 Å². The minimum atomic E-state index is 0.308. The summed E-state index contributed by atoms with van der Waals surface area (Å²) in [5.41, 5.74) is 4.14. The third-order valence-corrected chi connectivity index (χ3v) is 6.24. The number of aromatic nitrogens is 4. The maximum Gasteiger partial charge on any atom is 0.143 e. The first-order valence-corrected chi connectivity index (χ1v) is 11.0. The Hall–Kier alpha value is -2.75. The number of methoxy groups -OCH3 is 1. The molecule has 0 bridgehead atoms. The zero-order valence-electron chi connectivity index (χ0n) is 17.9. The number of nitriles is 1. The van der Waals surface area contributed by atoms with Crippen LogP contribution in [-0.4, -0.2) is 33.2 Å². The van der Waals surface area contributed by atoms with Gasteiger partial charge in [-0.2, -0.15) is 5.26 Å². The van der Waals surface area contributed by atoms with Gasteiger partial charge in [0, 0.05) is 43.3 Å². The van der Waals surface area contributed by atoms with Crippen molar-refractivity contribution in [2.75, 3.05) is 13.7 Å². The van der Waals surface area contributed by atoms with Crippen LogP contribution in [0.2, 0.25) is 5.02 Å². The fraction of sp³-hybridized carbons (Fsp3) is 0.417. The van der Waals surface area contributed by atoms with Crippen molar-refractivity contribution in [3.05, 3.63) is 47.6 Å². The third kappa shape index (κ3) is 4.48. The molecule has 1 aliphatic rings. The molecule has 0 radical (unpaired) electrons. The van der Waals surface area contributed by atoms with Gasteiger partial charge in [0.05, 0.1) is 28.4 Å². The van der Waals surface area contributed by atoms with Crippen LogP contribution in [0.4, 0.5) is 0 Å². The van der Waals surface area contributed by atoms with Crippen LogP contribution in [0.3, 0.4) is 0 Å². The Bertz CT molecular complexity index is 1150. The van der Waals surface area contributed by atoms with Crippen molar-refractivity contribution in [2.24, 2.45) is 11.8 Å². The fourth-order valence-corrected chi connectivity index (χ4v) is 4.59. The lowest BCUT2D eigenvalue weighted by Crippen LogP contribution is -2.19. The van der Waals surface area contributed by atoms with Crippen molar-refractivity contribution in [3.63, 3.8) is 0 Å². The van der Waals surface area contributed by atoms with Gasteiger partial charge in [-0.3, -0.25) is 4.98 Å². The first-order valence-electron chi connectivity index (χ1n) is 10.6. The van der Waals surface area contributed by atoms with Gasteiger partial charge >= 0.3 is 0 Å². The monoisotopic (exact) mass is 435 g/mol. The van der Waals surface area contributed by atoms with E-state index in [4.69, 9.17) is 21.3 Å². The van der Waals surface area contributed by atoms with Gasteiger partial charge in [-0.15, -0.1) is 0 Å². The molecule has 160 valence electrons. The number of pyridine rings is 2. The quantitative estimate of drug-likeness (QED) is 0.510. The van der Waals surface area contributed by atoms with Gasteiger partial charge in [-0.05, 0) is 30.7 Å². The molecule has 6 nitrogen and oxygen atoms in total. The van der Waals surface area contributed by atoms with E-state index in [0.29, 0.717) is 28.9 Å². The zero-order valence-corrected chi connectivity index (χ0v) is 18.7. The molecule has 0 unspecified atom stereocenters. The summed E-state index contributed by atoms with van der Waals surface area (Å²) in [5.74, 6) is 2.12. The Kier molecular flexibility index (Phi) is 6.35. The number of nitrogens with zero attached hydrogens (tertiary/aromatic N) is 5. The smallest absolute Gasteiger partial charge is 0.143 e. The van der Waals surface area contributed by atoms with Crippen LogP contribution in [0.1, 0.15) is 44.1 Å². The Labute approximate surface area is 187 Å². The maximum absolute atomic E-state index is 9.55. The van der Waals surface area contributed by atoms with E-state index in [0.717, 1.165) is 40.5 Å². The van der Waals surface area contributed by atoms with Crippen molar-refractivity contribution in [1.82, 2.24) is 19.5 Å². The topological polar surface area (TPSA) is 76.6 Å². The van der Waals surface area contributed by atoms with Gasteiger partial charge in [-0.1, -0.05) is 37.9 Å². The lowest BCUT2D eigenvalue weighted by molar-refractivity contribution is 0.238. The summed E-state index contributed by atoms with van der Waals surface area (Å²) < 4.78 is 7.55. The predicted octanol–water partition coefficient (Wildman–Crippen LogP) is 5.50. The van der Waals surface area contributed by atoms with Crippen LogP contribution in [0.15, 0.2) is 31.1 Å². The van der Waals surface area contributed by atoms with Crippen molar-refractivity contribution in [2.45, 2.75) is 39.2 Å². The van der Waals surface area contributed by atoms with E-state index < -0.39 is 0 Å². The SMILES string of the molecule is C=C(COC)c1nc2cc(C#N)nc(-c3cncc(Cl)c3)c2n1CC1CCC(C)CC1. The average Bonchev–Trinajstić information content (AvgIpc) is 3.13. The Balaban J connectivity index is 1.91. The molecule has 4 rings (SSSR count). The summed E-state index contributed by atoms with van der Waals surface area (Å²) >= 11 is 6.22. The summed E-state index contributed by atoms with van der Waals surface area (Å²) in [5, 5.41) is 10.1.